The van der Waals surface area contributed by atoms with Crippen LogP contribution < -0.4 is 0 Å². The first-order valence-corrected chi connectivity index (χ1v) is 3.85. The fourth-order valence-electron chi connectivity index (χ4n) is 0.494. The third kappa shape index (κ3) is 1.78. The third-order valence-corrected chi connectivity index (χ3v) is 2.42. The van der Waals surface area contributed by atoms with Crippen LogP contribution >= 0.6 is 34.2 Å². The molecule has 1 rings (SSSR count). The van der Waals surface area contributed by atoms with Crippen molar-refractivity contribution in [3.8, 4) is 0 Å². The molecule has 62 valence electrons. The van der Waals surface area contributed by atoms with E-state index in [2.05, 4.69) is 5.10 Å². The Labute approximate surface area is 78.3 Å². The monoisotopic (exact) mass is 296 g/mol. The van der Waals surface area contributed by atoms with E-state index in [4.69, 9.17) is 11.6 Å². The minimum Gasteiger partial charge on any atom is -0.271 e. The summed E-state index contributed by atoms with van der Waals surface area (Å²) in [5.41, 5.74) is -0.997. The van der Waals surface area contributed by atoms with Crippen LogP contribution in [0.2, 0.25) is 5.02 Å². The standard InChI is InChI=1S/C4HClF3IN2/c5-1-2(4(6,7)8)10-11-3(1)9/h(H,10,11). The fraction of sp³-hybridized carbons (Fsp3) is 0.250. The molecule has 0 aliphatic carbocycles. The Morgan fingerprint density at radius 2 is 2.00 bits per heavy atom. The molecule has 0 amide bonds. The number of nitrogens with one attached hydrogen (secondary N) is 1. The second-order valence-electron chi connectivity index (χ2n) is 1.70. The van der Waals surface area contributed by atoms with Gasteiger partial charge in [-0.15, -0.1) is 0 Å². The smallest absolute Gasteiger partial charge is 0.271 e. The maximum atomic E-state index is 11.9. The van der Waals surface area contributed by atoms with Gasteiger partial charge in [-0.1, -0.05) is 11.6 Å². The van der Waals surface area contributed by atoms with E-state index in [1.165, 1.54) is 0 Å². The lowest BCUT2D eigenvalue weighted by molar-refractivity contribution is -0.141. The number of H-pyrrole nitrogens is 1. The SMILES string of the molecule is FC(F)(F)c1[nH]nc(I)c1Cl. The van der Waals surface area contributed by atoms with Gasteiger partial charge >= 0.3 is 6.18 Å². The van der Waals surface area contributed by atoms with E-state index < -0.39 is 11.9 Å². The summed E-state index contributed by atoms with van der Waals surface area (Å²) in [6.07, 6.45) is -4.45. The van der Waals surface area contributed by atoms with E-state index in [0.717, 1.165) is 0 Å². The van der Waals surface area contributed by atoms with Crippen molar-refractivity contribution in [2.45, 2.75) is 6.18 Å². The molecular formula is C4HClF3IN2. The van der Waals surface area contributed by atoms with Crippen molar-refractivity contribution < 1.29 is 13.2 Å². The van der Waals surface area contributed by atoms with Gasteiger partial charge in [-0.25, -0.2) is 0 Å². The molecule has 0 saturated carbocycles. The Kier molecular flexibility index (Phi) is 2.33. The van der Waals surface area contributed by atoms with Crippen LogP contribution in [-0.2, 0) is 6.18 Å². The van der Waals surface area contributed by atoms with Crippen LogP contribution in [0.5, 0.6) is 0 Å². The minimum atomic E-state index is -4.45. The summed E-state index contributed by atoms with van der Waals surface area (Å²) in [6, 6.07) is 0. The molecule has 0 saturated heterocycles. The highest BCUT2D eigenvalue weighted by atomic mass is 127. The predicted octanol–water partition coefficient (Wildman–Crippen LogP) is 2.69. The molecule has 1 N–H and O–H groups in total. The molecule has 1 aromatic heterocycles. The summed E-state index contributed by atoms with van der Waals surface area (Å²) in [5.74, 6) is 0. The molecule has 2 nitrogen and oxygen atoms in total. The Hall–Kier alpha value is 0.0200. The first-order chi connectivity index (χ1) is 4.93. The van der Waals surface area contributed by atoms with Crippen molar-refractivity contribution in [2.24, 2.45) is 0 Å². The van der Waals surface area contributed by atoms with E-state index >= 15 is 0 Å². The molecule has 0 bridgehead atoms. The summed E-state index contributed by atoms with van der Waals surface area (Å²) >= 11 is 6.88. The third-order valence-electron chi connectivity index (χ3n) is 0.950. The lowest BCUT2D eigenvalue weighted by Gasteiger charge is -2.01. The second kappa shape index (κ2) is 2.81. The highest BCUT2D eigenvalue weighted by Gasteiger charge is 2.36. The van der Waals surface area contributed by atoms with Gasteiger partial charge in [0.2, 0.25) is 0 Å². The van der Waals surface area contributed by atoms with Gasteiger partial charge in [0, 0.05) is 0 Å². The van der Waals surface area contributed by atoms with Gasteiger partial charge < -0.3 is 0 Å². The molecule has 0 aliphatic heterocycles. The number of halogens is 5. The van der Waals surface area contributed by atoms with Crippen molar-refractivity contribution in [1.29, 1.82) is 0 Å². The van der Waals surface area contributed by atoms with Crippen LogP contribution in [0.15, 0.2) is 0 Å². The van der Waals surface area contributed by atoms with Gasteiger partial charge in [0.1, 0.15) is 8.72 Å². The largest absolute Gasteiger partial charge is 0.434 e. The molecule has 0 radical (unpaired) electrons. The number of hydrogen-bond acceptors (Lipinski definition) is 1. The molecule has 1 aromatic rings. The zero-order chi connectivity index (χ0) is 8.65. The number of hydrogen-bond donors (Lipinski definition) is 1. The number of aromatic amines is 1. The lowest BCUT2D eigenvalue weighted by Crippen LogP contribution is -2.05. The second-order valence-corrected chi connectivity index (χ2v) is 3.10. The Morgan fingerprint density at radius 1 is 1.45 bits per heavy atom. The van der Waals surface area contributed by atoms with Crippen LogP contribution in [0.3, 0.4) is 0 Å². The molecule has 0 fully saturated rings. The molecule has 0 aromatic carbocycles. The average Bonchev–Trinajstić information content (AvgIpc) is 2.11. The zero-order valence-electron chi connectivity index (χ0n) is 4.84. The Morgan fingerprint density at radius 3 is 2.18 bits per heavy atom. The van der Waals surface area contributed by atoms with Gasteiger partial charge in [-0.2, -0.15) is 18.3 Å². The van der Waals surface area contributed by atoms with E-state index in [1.807, 2.05) is 0 Å². The van der Waals surface area contributed by atoms with Gasteiger partial charge in [0.15, 0.2) is 5.69 Å². The average molecular weight is 296 g/mol. The summed E-state index contributed by atoms with van der Waals surface area (Å²) in [7, 11) is 0. The zero-order valence-corrected chi connectivity index (χ0v) is 7.75. The minimum absolute atomic E-state index is 0.122. The maximum Gasteiger partial charge on any atom is 0.434 e. The summed E-state index contributed by atoms with van der Waals surface area (Å²) in [4.78, 5) is 0. The highest BCUT2D eigenvalue weighted by molar-refractivity contribution is 14.1. The normalized spacial score (nSPS) is 12.1. The Balaban J connectivity index is 3.15. The summed E-state index contributed by atoms with van der Waals surface area (Å²) < 4.78 is 35.8. The molecule has 0 unspecified atom stereocenters. The van der Waals surface area contributed by atoms with Crippen molar-refractivity contribution in [2.75, 3.05) is 0 Å². The number of nitrogens with zero attached hydrogens (tertiary/aromatic N) is 1. The molecule has 1 heterocycles. The van der Waals surface area contributed by atoms with E-state index in [1.54, 1.807) is 27.7 Å². The molecule has 7 heteroatoms. The quantitative estimate of drug-likeness (QED) is 0.733. The number of rotatable bonds is 0. The van der Waals surface area contributed by atoms with Crippen molar-refractivity contribution >= 4 is 34.2 Å². The van der Waals surface area contributed by atoms with Gasteiger partial charge in [0.05, 0.1) is 0 Å². The van der Waals surface area contributed by atoms with Crippen molar-refractivity contribution in [3.63, 3.8) is 0 Å². The van der Waals surface area contributed by atoms with Gasteiger partial charge in [0.25, 0.3) is 0 Å². The van der Waals surface area contributed by atoms with Crippen LogP contribution in [0.25, 0.3) is 0 Å². The first-order valence-electron chi connectivity index (χ1n) is 2.39. The number of aromatic nitrogens is 2. The highest BCUT2D eigenvalue weighted by Crippen LogP contribution is 2.34. The van der Waals surface area contributed by atoms with E-state index in [-0.39, 0.29) is 8.72 Å². The van der Waals surface area contributed by atoms with E-state index in [9.17, 15) is 13.2 Å². The predicted molar refractivity (Wildman–Crippen MR) is 41.3 cm³/mol. The van der Waals surface area contributed by atoms with Crippen LogP contribution in [0, 0.1) is 3.70 Å². The summed E-state index contributed by atoms with van der Waals surface area (Å²) in [6.45, 7) is 0. The fourth-order valence-corrected chi connectivity index (χ4v) is 1.08. The molecule has 11 heavy (non-hydrogen) atoms. The first kappa shape index (κ1) is 9.11. The lowest BCUT2D eigenvalue weighted by atomic mass is 10.4. The number of alkyl halides is 3. The van der Waals surface area contributed by atoms with Crippen LogP contribution in [0.4, 0.5) is 13.2 Å². The van der Waals surface area contributed by atoms with Crippen LogP contribution in [-0.4, -0.2) is 10.2 Å². The Bertz CT molecular complexity index is 269. The maximum absolute atomic E-state index is 11.9. The molecule has 0 spiro atoms. The van der Waals surface area contributed by atoms with Crippen LogP contribution in [0.1, 0.15) is 5.69 Å². The van der Waals surface area contributed by atoms with Gasteiger partial charge in [-0.3, -0.25) is 5.10 Å². The van der Waals surface area contributed by atoms with Crippen molar-refractivity contribution in [1.82, 2.24) is 10.2 Å². The topological polar surface area (TPSA) is 28.7 Å². The molecule has 0 atom stereocenters. The molecular weight excluding hydrogens is 295 g/mol. The van der Waals surface area contributed by atoms with Crippen molar-refractivity contribution in [3.05, 3.63) is 14.4 Å². The molecule has 0 aliphatic rings. The van der Waals surface area contributed by atoms with Gasteiger partial charge in [-0.05, 0) is 22.6 Å². The summed E-state index contributed by atoms with van der Waals surface area (Å²) in [5, 5.41) is 4.71. The van der Waals surface area contributed by atoms with E-state index in [0.29, 0.717) is 0 Å².